The molecule has 2 aliphatic rings. The van der Waals surface area contributed by atoms with E-state index in [0.717, 1.165) is 7.35 Å². The van der Waals surface area contributed by atoms with Crippen molar-refractivity contribution in [1.29, 1.82) is 0 Å². The fourth-order valence-electron chi connectivity index (χ4n) is 5.00. The average molecular weight is 543 g/mol. The first-order valence-electron chi connectivity index (χ1n) is 9.16. The van der Waals surface area contributed by atoms with E-state index in [1.54, 1.807) is 11.1 Å². The van der Waals surface area contributed by atoms with Gasteiger partial charge in [0.05, 0.1) is 0 Å². The first kappa shape index (κ1) is 16.8. The van der Waals surface area contributed by atoms with Gasteiger partial charge >= 0.3 is 150 Å². The van der Waals surface area contributed by atoms with Gasteiger partial charge in [-0.15, -0.1) is 0 Å². The van der Waals surface area contributed by atoms with Crippen molar-refractivity contribution in [1.82, 2.24) is 0 Å². The molecule has 2 aliphatic carbocycles. The summed E-state index contributed by atoms with van der Waals surface area (Å²) in [5, 5.41) is 0. The molecule has 0 amide bonds. The van der Waals surface area contributed by atoms with Crippen LogP contribution in [-0.2, 0) is 16.0 Å². The molecule has 2 atom stereocenters. The molecule has 123 valence electrons. The van der Waals surface area contributed by atoms with Gasteiger partial charge in [0.2, 0.25) is 0 Å². The molecule has 2 aromatic rings. The Morgan fingerprint density at radius 2 is 1.12 bits per heavy atom. The topological polar surface area (TPSA) is 0 Å². The Kier molecular flexibility index (Phi) is 3.97. The summed E-state index contributed by atoms with van der Waals surface area (Å²) in [6, 6.07) is 18.2. The van der Waals surface area contributed by atoms with Crippen LogP contribution < -0.4 is 0 Å². The Bertz CT molecular complexity index is 794. The first-order chi connectivity index (χ1) is 11.4. The molecule has 0 spiro atoms. The van der Waals surface area contributed by atoms with Crippen molar-refractivity contribution in [3.8, 4) is 0 Å². The van der Waals surface area contributed by atoms with Crippen molar-refractivity contribution in [2.75, 3.05) is 0 Å². The summed E-state index contributed by atoms with van der Waals surface area (Å²) in [5.41, 5.74) is 6.17. The molecular weight excluding hydrogens is 515 g/mol. The minimum atomic E-state index is -3.20. The van der Waals surface area contributed by atoms with Crippen molar-refractivity contribution in [3.63, 3.8) is 0 Å². The molecule has 2 aromatic carbocycles. The SMILES string of the molecule is [CH3][GeH]([CH3])[Hf]([CH3])([CH3])([CH]1C=Cc2ccccc21)[CH]1C=Cc2ccccc21. The Morgan fingerprint density at radius 1 is 0.708 bits per heavy atom. The molecule has 2 heteroatoms. The van der Waals surface area contributed by atoms with Crippen LogP contribution in [0.1, 0.15) is 29.6 Å². The van der Waals surface area contributed by atoms with Crippen LogP contribution in [0.2, 0.25) is 20.9 Å². The van der Waals surface area contributed by atoms with E-state index in [0.29, 0.717) is 0 Å². The Hall–Kier alpha value is -0.667. The maximum absolute atomic E-state index is 3.20. The van der Waals surface area contributed by atoms with E-state index in [9.17, 15) is 0 Å². The summed E-state index contributed by atoms with van der Waals surface area (Å²) >= 11 is -3.20. The van der Waals surface area contributed by atoms with Crippen LogP contribution in [-0.4, -0.2) is 10.6 Å². The second-order valence-corrected chi connectivity index (χ2v) is 90.6. The molecule has 0 heterocycles. The van der Waals surface area contributed by atoms with Crippen LogP contribution in [0, 0.1) is 0 Å². The summed E-state index contributed by atoms with van der Waals surface area (Å²) in [7, 11) is -1.37. The van der Waals surface area contributed by atoms with Gasteiger partial charge in [-0.05, 0) is 0 Å². The molecule has 24 heavy (non-hydrogen) atoms. The van der Waals surface area contributed by atoms with E-state index in [4.69, 9.17) is 0 Å². The number of hydrogen-bond donors (Lipinski definition) is 0. The number of hydrogen-bond acceptors (Lipinski definition) is 0. The third-order valence-corrected chi connectivity index (χ3v) is 113. The van der Waals surface area contributed by atoms with Crippen molar-refractivity contribution >= 4 is 22.8 Å². The summed E-state index contributed by atoms with van der Waals surface area (Å²) in [4.78, 5) is 0. The van der Waals surface area contributed by atoms with Crippen LogP contribution in [0.3, 0.4) is 0 Å². The van der Waals surface area contributed by atoms with E-state index in [1.165, 1.54) is 11.1 Å². The number of fused-ring (bicyclic) bond motifs is 2. The third kappa shape index (κ3) is 2.20. The van der Waals surface area contributed by atoms with Crippen molar-refractivity contribution < 1.29 is 16.0 Å². The second kappa shape index (κ2) is 5.67. The minimum absolute atomic E-state index is 0.721. The summed E-state index contributed by atoms with van der Waals surface area (Å²) in [6.45, 7) is 0. The average Bonchev–Trinajstić information content (AvgIpc) is 3.20. The van der Waals surface area contributed by atoms with Gasteiger partial charge in [0.15, 0.2) is 0 Å². The maximum atomic E-state index is 2.80. The molecule has 0 saturated carbocycles. The van der Waals surface area contributed by atoms with Crippen molar-refractivity contribution in [2.45, 2.75) is 28.2 Å². The van der Waals surface area contributed by atoms with Gasteiger partial charge in [0, 0.05) is 0 Å². The Morgan fingerprint density at radius 3 is 1.54 bits per heavy atom. The standard InChI is InChI=1S/2C9H7.C2H7Ge.2CH3.Hf/c2*1-2-5-9-7-3-6-8(9)4-1;1-3-2;;;/h2*1-7H;3H,1-2H3;2*1H3;. The van der Waals surface area contributed by atoms with Gasteiger partial charge in [-0.3, -0.25) is 0 Å². The van der Waals surface area contributed by atoms with Gasteiger partial charge in [0.25, 0.3) is 0 Å². The zero-order chi connectivity index (χ0) is 17.0. The van der Waals surface area contributed by atoms with Crippen LogP contribution in [0.15, 0.2) is 60.7 Å². The molecule has 0 saturated heterocycles. The fourth-order valence-corrected chi connectivity index (χ4v) is 60.2. The molecule has 0 nitrogen and oxygen atoms in total. The molecular formula is C22H27GeHf. The van der Waals surface area contributed by atoms with E-state index in [2.05, 4.69) is 93.7 Å². The number of benzene rings is 2. The predicted molar refractivity (Wildman–Crippen MR) is 107 cm³/mol. The Labute approximate surface area is 149 Å². The van der Waals surface area contributed by atoms with Gasteiger partial charge < -0.3 is 0 Å². The van der Waals surface area contributed by atoms with Gasteiger partial charge in [-0.25, -0.2) is 0 Å². The van der Waals surface area contributed by atoms with Gasteiger partial charge in [-0.1, -0.05) is 0 Å². The van der Waals surface area contributed by atoms with E-state index < -0.39 is 26.7 Å². The van der Waals surface area contributed by atoms with Gasteiger partial charge in [0.1, 0.15) is 0 Å². The quantitative estimate of drug-likeness (QED) is 0.400. The molecule has 0 radical (unpaired) electrons. The molecule has 0 aliphatic heterocycles. The second-order valence-electron chi connectivity index (χ2n) is 8.82. The molecule has 2 unspecified atom stereocenters. The van der Waals surface area contributed by atoms with E-state index in [1.807, 2.05) is 0 Å². The third-order valence-electron chi connectivity index (χ3n) is 7.38. The molecule has 0 fully saturated rings. The van der Waals surface area contributed by atoms with Crippen LogP contribution in [0.25, 0.3) is 12.2 Å². The van der Waals surface area contributed by atoms with Crippen LogP contribution in [0.4, 0.5) is 0 Å². The predicted octanol–water partition coefficient (Wildman–Crippen LogP) is 6.29. The molecule has 0 N–H and O–H groups in total. The summed E-state index contributed by atoms with van der Waals surface area (Å²) < 4.78 is 7.05. The van der Waals surface area contributed by atoms with Crippen molar-refractivity contribution in [2.24, 2.45) is 0 Å². The van der Waals surface area contributed by atoms with E-state index >= 15 is 0 Å². The zero-order valence-electron chi connectivity index (χ0n) is 15.2. The molecule has 0 bridgehead atoms. The number of allylic oxidation sites excluding steroid dienone is 2. The summed E-state index contributed by atoms with van der Waals surface area (Å²) in [6.07, 6.45) is 9.97. The normalized spacial score (nSPS) is 23.1. The van der Waals surface area contributed by atoms with Crippen molar-refractivity contribution in [3.05, 3.63) is 82.9 Å². The van der Waals surface area contributed by atoms with Gasteiger partial charge in [-0.2, -0.15) is 0 Å². The van der Waals surface area contributed by atoms with Crippen LogP contribution >= 0.6 is 0 Å². The zero-order valence-corrected chi connectivity index (χ0v) is 21.2. The molecule has 4 rings (SSSR count). The first-order valence-corrected chi connectivity index (χ1v) is 37.3. The fraction of sp³-hybridized carbons (Fsp3) is 0.273. The number of rotatable bonds is 3. The molecule has 0 aromatic heterocycles. The van der Waals surface area contributed by atoms with Crippen LogP contribution in [0.5, 0.6) is 0 Å². The monoisotopic (exact) mass is 545 g/mol. The Balaban J connectivity index is 1.92. The summed E-state index contributed by atoms with van der Waals surface area (Å²) in [5.74, 6) is 5.35. The van der Waals surface area contributed by atoms with E-state index in [-0.39, 0.29) is 0 Å².